The summed E-state index contributed by atoms with van der Waals surface area (Å²) in [5.74, 6) is -0.618. The average molecular weight is 365 g/mol. The predicted octanol–water partition coefficient (Wildman–Crippen LogP) is 4.77. The van der Waals surface area contributed by atoms with Crippen LogP contribution in [0.15, 0.2) is 48.5 Å². The van der Waals surface area contributed by atoms with Crippen LogP contribution in [0.25, 0.3) is 0 Å². The van der Waals surface area contributed by atoms with Crippen molar-refractivity contribution in [1.82, 2.24) is 5.32 Å². The maximum absolute atomic E-state index is 12.0. The van der Waals surface area contributed by atoms with E-state index in [1.807, 2.05) is 0 Å². The minimum atomic E-state index is -4.73. The summed E-state index contributed by atoms with van der Waals surface area (Å²) in [5.41, 5.74) is 1.46. The van der Waals surface area contributed by atoms with Gasteiger partial charge < -0.3 is 14.8 Å². The topological polar surface area (TPSA) is 30.5 Å². The van der Waals surface area contributed by atoms with Crippen molar-refractivity contribution >= 4 is 0 Å². The van der Waals surface area contributed by atoms with E-state index in [0.717, 1.165) is 11.1 Å². The lowest BCUT2D eigenvalue weighted by atomic mass is 10.2. The van der Waals surface area contributed by atoms with Gasteiger partial charge in [0.1, 0.15) is 11.5 Å². The van der Waals surface area contributed by atoms with Crippen molar-refractivity contribution in [2.24, 2.45) is 0 Å². The molecule has 0 aliphatic carbocycles. The molecule has 0 fully saturated rings. The normalized spacial score (nSPS) is 12.1. The van der Waals surface area contributed by atoms with Crippen LogP contribution in [0, 0.1) is 0 Å². The largest absolute Gasteiger partial charge is 0.573 e. The van der Waals surface area contributed by atoms with Crippen molar-refractivity contribution in [2.45, 2.75) is 25.8 Å². The molecule has 0 spiro atoms. The molecule has 0 unspecified atom stereocenters. The molecular weight excluding hydrogens is 352 g/mol. The summed E-state index contributed by atoms with van der Waals surface area (Å²) in [5, 5.41) is 3.03. The first-order valence-corrected chi connectivity index (χ1v) is 7.01. The second-order valence-electron chi connectivity index (χ2n) is 4.99. The van der Waals surface area contributed by atoms with Gasteiger partial charge in [-0.15, -0.1) is 26.3 Å². The fourth-order valence-electron chi connectivity index (χ4n) is 1.97. The number of benzene rings is 2. The average Bonchev–Trinajstić information content (AvgIpc) is 2.48. The van der Waals surface area contributed by atoms with Crippen LogP contribution < -0.4 is 14.8 Å². The van der Waals surface area contributed by atoms with Crippen LogP contribution in [0.2, 0.25) is 0 Å². The molecule has 9 heteroatoms. The van der Waals surface area contributed by atoms with Gasteiger partial charge in [0.05, 0.1) is 0 Å². The van der Waals surface area contributed by atoms with E-state index in [1.165, 1.54) is 48.5 Å². The lowest BCUT2D eigenvalue weighted by molar-refractivity contribution is -0.275. The van der Waals surface area contributed by atoms with Crippen LogP contribution in [0.1, 0.15) is 11.1 Å². The Labute approximate surface area is 139 Å². The fourth-order valence-corrected chi connectivity index (χ4v) is 1.97. The lowest BCUT2D eigenvalue weighted by Gasteiger charge is -2.10. The smallest absolute Gasteiger partial charge is 0.406 e. The zero-order valence-electron chi connectivity index (χ0n) is 12.6. The number of hydrogen-bond acceptors (Lipinski definition) is 3. The predicted molar refractivity (Wildman–Crippen MR) is 76.8 cm³/mol. The quantitative estimate of drug-likeness (QED) is 0.748. The lowest BCUT2D eigenvalue weighted by Crippen LogP contribution is -2.17. The Kier molecular flexibility index (Phi) is 5.78. The highest BCUT2D eigenvalue weighted by molar-refractivity contribution is 5.28. The highest BCUT2D eigenvalue weighted by atomic mass is 19.4. The molecule has 0 radical (unpaired) electrons. The molecule has 0 saturated heterocycles. The van der Waals surface area contributed by atoms with Crippen LogP contribution in [0.5, 0.6) is 11.5 Å². The third-order valence-electron chi connectivity index (χ3n) is 2.97. The van der Waals surface area contributed by atoms with Crippen molar-refractivity contribution in [3.8, 4) is 11.5 Å². The Balaban J connectivity index is 1.80. The second kappa shape index (κ2) is 7.64. The maximum Gasteiger partial charge on any atom is 0.573 e. The molecule has 1 N–H and O–H groups in total. The molecule has 0 atom stereocenters. The first-order chi connectivity index (χ1) is 11.6. The van der Waals surface area contributed by atoms with Crippen molar-refractivity contribution < 1.29 is 35.8 Å². The summed E-state index contributed by atoms with van der Waals surface area (Å²) in [6.07, 6.45) is -9.47. The first-order valence-electron chi connectivity index (χ1n) is 7.01. The Morgan fingerprint density at radius 3 is 1.20 bits per heavy atom. The Morgan fingerprint density at radius 2 is 0.920 bits per heavy atom. The summed E-state index contributed by atoms with van der Waals surface area (Å²) in [6, 6.07) is 10.7. The van der Waals surface area contributed by atoms with Gasteiger partial charge >= 0.3 is 12.7 Å². The van der Waals surface area contributed by atoms with E-state index in [1.54, 1.807) is 0 Å². The molecule has 3 nitrogen and oxygen atoms in total. The zero-order chi connectivity index (χ0) is 18.5. The van der Waals surface area contributed by atoms with Crippen LogP contribution in [0.3, 0.4) is 0 Å². The molecule has 0 amide bonds. The molecule has 0 saturated carbocycles. The van der Waals surface area contributed by atoms with E-state index < -0.39 is 12.7 Å². The molecule has 2 aromatic carbocycles. The molecular formula is C16H13F6NO2. The molecule has 0 aliphatic heterocycles. The van der Waals surface area contributed by atoms with E-state index in [9.17, 15) is 26.3 Å². The number of ether oxygens (including phenoxy) is 2. The number of halogens is 6. The maximum atomic E-state index is 12.0. The minimum absolute atomic E-state index is 0.309. The highest BCUT2D eigenvalue weighted by Crippen LogP contribution is 2.23. The van der Waals surface area contributed by atoms with Crippen LogP contribution in [0.4, 0.5) is 26.3 Å². The molecule has 2 rings (SSSR count). The SMILES string of the molecule is FC(F)(F)Oc1ccc(CNCc2ccc(OC(F)(F)F)cc2)cc1. The molecule has 2 aromatic rings. The van der Waals surface area contributed by atoms with Crippen molar-refractivity contribution in [3.63, 3.8) is 0 Å². The van der Waals surface area contributed by atoms with Gasteiger partial charge in [0.25, 0.3) is 0 Å². The number of nitrogens with one attached hydrogen (secondary N) is 1. The van der Waals surface area contributed by atoms with Crippen LogP contribution in [-0.4, -0.2) is 12.7 Å². The van der Waals surface area contributed by atoms with E-state index in [2.05, 4.69) is 14.8 Å². The minimum Gasteiger partial charge on any atom is -0.406 e. The molecule has 0 aliphatic rings. The summed E-state index contributed by atoms with van der Waals surface area (Å²) in [6.45, 7) is 0.736. The Morgan fingerprint density at radius 1 is 0.600 bits per heavy atom. The Hall–Kier alpha value is -2.42. The Bertz CT molecular complexity index is 606. The molecule has 25 heavy (non-hydrogen) atoms. The zero-order valence-corrected chi connectivity index (χ0v) is 12.6. The summed E-state index contributed by atoms with van der Waals surface area (Å²) in [7, 11) is 0. The first kappa shape index (κ1) is 18.9. The van der Waals surface area contributed by atoms with Gasteiger partial charge in [-0.2, -0.15) is 0 Å². The molecule has 0 heterocycles. The van der Waals surface area contributed by atoms with Crippen LogP contribution >= 0.6 is 0 Å². The summed E-state index contributed by atoms with van der Waals surface area (Å²) < 4.78 is 79.8. The van der Waals surface area contributed by atoms with Gasteiger partial charge in [-0.1, -0.05) is 24.3 Å². The van der Waals surface area contributed by atoms with Gasteiger partial charge in [0.15, 0.2) is 0 Å². The monoisotopic (exact) mass is 365 g/mol. The van der Waals surface area contributed by atoms with E-state index in [4.69, 9.17) is 0 Å². The standard InChI is InChI=1S/C16H13F6NO2/c17-15(18,19)24-13-5-1-11(2-6-13)9-23-10-12-3-7-14(8-4-12)25-16(20,21)22/h1-8,23H,9-10H2. The number of hydrogen-bond donors (Lipinski definition) is 1. The van der Waals surface area contributed by atoms with Crippen molar-refractivity contribution in [1.29, 1.82) is 0 Å². The third kappa shape index (κ3) is 7.34. The summed E-state index contributed by atoms with van der Waals surface area (Å²) in [4.78, 5) is 0. The summed E-state index contributed by atoms with van der Waals surface area (Å²) >= 11 is 0. The molecule has 0 aromatic heterocycles. The van der Waals surface area contributed by atoms with Gasteiger partial charge in [0.2, 0.25) is 0 Å². The fraction of sp³-hybridized carbons (Fsp3) is 0.250. The van der Waals surface area contributed by atoms with Crippen molar-refractivity contribution in [3.05, 3.63) is 59.7 Å². The van der Waals surface area contributed by atoms with Gasteiger partial charge in [-0.05, 0) is 35.4 Å². The second-order valence-corrected chi connectivity index (χ2v) is 4.99. The van der Waals surface area contributed by atoms with Crippen molar-refractivity contribution in [2.75, 3.05) is 0 Å². The van der Waals surface area contributed by atoms with Crippen LogP contribution in [-0.2, 0) is 13.1 Å². The number of alkyl halides is 6. The molecule has 136 valence electrons. The third-order valence-corrected chi connectivity index (χ3v) is 2.97. The van der Waals surface area contributed by atoms with E-state index >= 15 is 0 Å². The van der Waals surface area contributed by atoms with E-state index in [-0.39, 0.29) is 11.5 Å². The number of rotatable bonds is 6. The van der Waals surface area contributed by atoms with Gasteiger partial charge in [0, 0.05) is 13.1 Å². The van der Waals surface area contributed by atoms with Gasteiger partial charge in [-0.3, -0.25) is 0 Å². The highest BCUT2D eigenvalue weighted by Gasteiger charge is 2.31. The van der Waals surface area contributed by atoms with E-state index in [0.29, 0.717) is 13.1 Å². The van der Waals surface area contributed by atoms with Gasteiger partial charge in [-0.25, -0.2) is 0 Å². The molecule has 0 bridgehead atoms.